The van der Waals surface area contributed by atoms with E-state index >= 15 is 0 Å². The first-order chi connectivity index (χ1) is 6.41. The highest BCUT2D eigenvalue weighted by Crippen LogP contribution is 2.18. The molecule has 1 unspecified atom stereocenters. The minimum Gasteiger partial charge on any atom is -0.303 e. The zero-order valence-electron chi connectivity index (χ0n) is 9.23. The molecule has 0 aromatic rings. The van der Waals surface area contributed by atoms with E-state index in [-0.39, 0.29) is 0 Å². The molecule has 1 atom stereocenters. The molecule has 1 aliphatic rings. The molecule has 4 nitrogen and oxygen atoms in total. The predicted octanol–water partition coefficient (Wildman–Crippen LogP) is 0.362. The van der Waals surface area contributed by atoms with Gasteiger partial charge in [0.05, 0.1) is 6.26 Å². The Morgan fingerprint density at radius 3 is 2.57 bits per heavy atom. The second kappa shape index (κ2) is 4.59. The van der Waals surface area contributed by atoms with Crippen molar-refractivity contribution in [3.63, 3.8) is 0 Å². The molecule has 1 rings (SSSR count). The fourth-order valence-electron chi connectivity index (χ4n) is 1.84. The second-order valence-electron chi connectivity index (χ2n) is 4.15. The van der Waals surface area contributed by atoms with Crippen molar-refractivity contribution in [1.82, 2.24) is 9.21 Å². The molecule has 84 valence electrons. The Bertz CT molecular complexity index is 277. The van der Waals surface area contributed by atoms with Crippen LogP contribution in [0.3, 0.4) is 0 Å². The lowest BCUT2D eigenvalue weighted by molar-refractivity contribution is 0.281. The summed E-state index contributed by atoms with van der Waals surface area (Å²) >= 11 is 0. The largest absolute Gasteiger partial charge is 0.303 e. The number of rotatable bonds is 4. The number of likely N-dealkylation sites (tertiary alicyclic amines) is 1. The third-order valence-electron chi connectivity index (χ3n) is 3.01. The van der Waals surface area contributed by atoms with E-state index in [9.17, 15) is 8.42 Å². The van der Waals surface area contributed by atoms with Crippen LogP contribution in [0.4, 0.5) is 0 Å². The van der Waals surface area contributed by atoms with Crippen LogP contribution >= 0.6 is 0 Å². The zero-order chi connectivity index (χ0) is 10.8. The Hall–Kier alpha value is -0.130. The average molecular weight is 220 g/mol. The topological polar surface area (TPSA) is 40.6 Å². The van der Waals surface area contributed by atoms with E-state index in [0.29, 0.717) is 12.6 Å². The summed E-state index contributed by atoms with van der Waals surface area (Å²) in [5.74, 6) is 0. The Morgan fingerprint density at radius 1 is 1.50 bits per heavy atom. The third kappa shape index (κ3) is 3.22. The van der Waals surface area contributed by atoms with Crippen molar-refractivity contribution in [3.8, 4) is 0 Å². The molecule has 0 aromatic carbocycles. The molecular weight excluding hydrogens is 200 g/mol. The molecule has 0 saturated carbocycles. The minimum absolute atomic E-state index is 0.569. The van der Waals surface area contributed by atoms with Crippen molar-refractivity contribution in [2.75, 3.05) is 33.4 Å². The van der Waals surface area contributed by atoms with Crippen molar-refractivity contribution in [2.24, 2.45) is 0 Å². The first kappa shape index (κ1) is 11.9. The second-order valence-corrected chi connectivity index (χ2v) is 6.24. The summed E-state index contributed by atoms with van der Waals surface area (Å²) in [6.45, 7) is 1.78. The molecule has 0 spiro atoms. The van der Waals surface area contributed by atoms with Crippen molar-refractivity contribution < 1.29 is 8.42 Å². The summed E-state index contributed by atoms with van der Waals surface area (Å²) in [4.78, 5) is 2.32. The minimum atomic E-state index is -3.00. The van der Waals surface area contributed by atoms with Crippen LogP contribution in [0, 0.1) is 0 Å². The lowest BCUT2D eigenvalue weighted by atomic mass is 10.1. The van der Waals surface area contributed by atoms with Crippen molar-refractivity contribution >= 4 is 10.0 Å². The number of sulfonamides is 1. The fraction of sp³-hybridized carbons (Fsp3) is 1.00. The van der Waals surface area contributed by atoms with Crippen molar-refractivity contribution in [2.45, 2.75) is 25.3 Å². The van der Waals surface area contributed by atoms with Crippen molar-refractivity contribution in [3.05, 3.63) is 0 Å². The molecule has 0 aromatic heterocycles. The summed E-state index contributed by atoms with van der Waals surface area (Å²) in [5, 5.41) is 0. The molecule has 0 aliphatic carbocycles. The molecule has 0 amide bonds. The molecular formula is C9H20N2O2S. The lowest BCUT2D eigenvalue weighted by Crippen LogP contribution is -2.32. The van der Waals surface area contributed by atoms with E-state index in [1.807, 2.05) is 0 Å². The average Bonchev–Trinajstić information content (AvgIpc) is 2.45. The quantitative estimate of drug-likeness (QED) is 0.687. The van der Waals surface area contributed by atoms with Crippen molar-refractivity contribution in [1.29, 1.82) is 0 Å². The zero-order valence-corrected chi connectivity index (χ0v) is 10.0. The molecule has 0 N–H and O–H groups in total. The van der Waals surface area contributed by atoms with E-state index in [0.717, 1.165) is 13.0 Å². The van der Waals surface area contributed by atoms with Gasteiger partial charge in [-0.1, -0.05) is 0 Å². The van der Waals surface area contributed by atoms with E-state index in [1.54, 1.807) is 7.05 Å². The van der Waals surface area contributed by atoms with Gasteiger partial charge in [0.15, 0.2) is 0 Å². The van der Waals surface area contributed by atoms with Crippen LogP contribution in [0.25, 0.3) is 0 Å². The first-order valence-electron chi connectivity index (χ1n) is 5.03. The van der Waals surface area contributed by atoms with Crippen LogP contribution in [0.5, 0.6) is 0 Å². The monoisotopic (exact) mass is 220 g/mol. The maximum atomic E-state index is 11.1. The van der Waals surface area contributed by atoms with Crippen LogP contribution in [-0.4, -0.2) is 57.1 Å². The number of hydrogen-bond donors (Lipinski definition) is 0. The maximum absolute atomic E-state index is 11.1. The van der Waals surface area contributed by atoms with Gasteiger partial charge in [0.1, 0.15) is 0 Å². The van der Waals surface area contributed by atoms with Gasteiger partial charge in [0.2, 0.25) is 10.0 Å². The maximum Gasteiger partial charge on any atom is 0.210 e. The summed E-state index contributed by atoms with van der Waals surface area (Å²) < 4.78 is 23.7. The number of hydrogen-bond acceptors (Lipinski definition) is 3. The van der Waals surface area contributed by atoms with Gasteiger partial charge in [-0.25, -0.2) is 12.7 Å². The van der Waals surface area contributed by atoms with Gasteiger partial charge < -0.3 is 4.90 Å². The summed E-state index contributed by atoms with van der Waals surface area (Å²) in [6, 6.07) is 0.569. The molecule has 1 fully saturated rings. The highest BCUT2D eigenvalue weighted by molar-refractivity contribution is 7.88. The van der Waals surface area contributed by atoms with Gasteiger partial charge >= 0.3 is 0 Å². The van der Waals surface area contributed by atoms with E-state index in [2.05, 4.69) is 11.9 Å². The third-order valence-corrected chi connectivity index (χ3v) is 4.33. The summed E-state index contributed by atoms with van der Waals surface area (Å²) in [6.07, 6.45) is 4.64. The Balaban J connectivity index is 2.33. The molecule has 0 bridgehead atoms. The fourth-order valence-corrected chi connectivity index (χ4v) is 2.28. The molecule has 1 aliphatic heterocycles. The van der Waals surface area contributed by atoms with Gasteiger partial charge in [0.25, 0.3) is 0 Å². The van der Waals surface area contributed by atoms with E-state index in [4.69, 9.17) is 0 Å². The molecule has 1 heterocycles. The van der Waals surface area contributed by atoms with Gasteiger partial charge in [-0.2, -0.15) is 0 Å². The smallest absolute Gasteiger partial charge is 0.210 e. The Labute approximate surface area is 86.9 Å². The van der Waals surface area contributed by atoms with Crippen LogP contribution in [0.15, 0.2) is 0 Å². The van der Waals surface area contributed by atoms with E-state index in [1.165, 1.54) is 23.4 Å². The predicted molar refractivity (Wildman–Crippen MR) is 57.7 cm³/mol. The number of nitrogens with zero attached hydrogens (tertiary/aromatic N) is 2. The molecule has 14 heavy (non-hydrogen) atoms. The highest BCUT2D eigenvalue weighted by atomic mass is 32.2. The van der Waals surface area contributed by atoms with Gasteiger partial charge in [0, 0.05) is 19.6 Å². The van der Waals surface area contributed by atoms with Crippen LogP contribution in [0.1, 0.15) is 19.3 Å². The van der Waals surface area contributed by atoms with Gasteiger partial charge in [-0.15, -0.1) is 0 Å². The highest BCUT2D eigenvalue weighted by Gasteiger charge is 2.22. The van der Waals surface area contributed by atoms with Gasteiger partial charge in [-0.05, 0) is 32.9 Å². The van der Waals surface area contributed by atoms with E-state index < -0.39 is 10.0 Å². The normalized spacial score (nSPS) is 24.7. The molecule has 1 saturated heterocycles. The molecule has 5 heteroatoms. The first-order valence-corrected chi connectivity index (χ1v) is 6.87. The Kier molecular flexibility index (Phi) is 3.92. The SMILES string of the molecule is CN1CCCC1CCN(C)S(C)(=O)=O. The standard InChI is InChI=1S/C9H20N2O2S/c1-10-7-4-5-9(10)6-8-11(2)14(3,12)13/h9H,4-8H2,1-3H3. The van der Waals surface area contributed by atoms with Crippen LogP contribution in [-0.2, 0) is 10.0 Å². The molecule has 0 radical (unpaired) electrons. The lowest BCUT2D eigenvalue weighted by Gasteiger charge is -2.22. The van der Waals surface area contributed by atoms with Crippen LogP contribution in [0.2, 0.25) is 0 Å². The van der Waals surface area contributed by atoms with Crippen LogP contribution < -0.4 is 0 Å². The summed E-state index contributed by atoms with van der Waals surface area (Å²) in [7, 11) is 0.755. The summed E-state index contributed by atoms with van der Waals surface area (Å²) in [5.41, 5.74) is 0. The van der Waals surface area contributed by atoms with Gasteiger partial charge in [-0.3, -0.25) is 0 Å². The Morgan fingerprint density at radius 2 is 2.14 bits per heavy atom.